The van der Waals surface area contributed by atoms with Crippen molar-refractivity contribution >= 4 is 5.91 Å². The second-order valence-corrected chi connectivity index (χ2v) is 5.81. The van der Waals surface area contributed by atoms with Gasteiger partial charge in [0.25, 0.3) is 5.91 Å². The third-order valence-corrected chi connectivity index (χ3v) is 3.73. The van der Waals surface area contributed by atoms with Gasteiger partial charge in [0.15, 0.2) is 0 Å². The molecule has 26 heavy (non-hydrogen) atoms. The summed E-state index contributed by atoms with van der Waals surface area (Å²) in [4.78, 5) is 14.0. The predicted octanol–water partition coefficient (Wildman–Crippen LogP) is 1.26. The number of nitrogens with zero attached hydrogens (tertiary/aromatic N) is 2. The van der Waals surface area contributed by atoms with E-state index in [2.05, 4.69) is 5.32 Å². The van der Waals surface area contributed by atoms with Crippen LogP contribution in [0.3, 0.4) is 0 Å². The molecular formula is C19H27N3O4. The average molecular weight is 361 g/mol. The molecule has 142 valence electrons. The van der Waals surface area contributed by atoms with Gasteiger partial charge in [0.05, 0.1) is 25.9 Å². The molecule has 0 radical (unpaired) electrons. The van der Waals surface area contributed by atoms with E-state index in [-0.39, 0.29) is 37.9 Å². The van der Waals surface area contributed by atoms with E-state index < -0.39 is 5.91 Å². The van der Waals surface area contributed by atoms with Crippen molar-refractivity contribution < 1.29 is 19.7 Å². The van der Waals surface area contributed by atoms with E-state index >= 15 is 0 Å². The number of hydrogen-bond acceptors (Lipinski definition) is 6. The smallest absolute Gasteiger partial charge is 0.263 e. The highest BCUT2D eigenvalue weighted by atomic mass is 16.5. The first-order chi connectivity index (χ1) is 12.5. The second kappa shape index (κ2) is 11.1. The van der Waals surface area contributed by atoms with Crippen LogP contribution in [0.5, 0.6) is 5.75 Å². The fraction of sp³-hybridized carbons (Fsp3) is 0.474. The summed E-state index contributed by atoms with van der Waals surface area (Å²) >= 11 is 0. The van der Waals surface area contributed by atoms with E-state index in [9.17, 15) is 10.1 Å². The number of ether oxygens (including phenoxy) is 1. The van der Waals surface area contributed by atoms with Gasteiger partial charge in [0.1, 0.15) is 17.4 Å². The van der Waals surface area contributed by atoms with Crippen molar-refractivity contribution in [2.75, 3.05) is 32.9 Å². The molecule has 0 aliphatic carbocycles. The number of nitrogens with one attached hydrogen (secondary N) is 1. The van der Waals surface area contributed by atoms with Crippen LogP contribution in [0.1, 0.15) is 31.0 Å². The molecular weight excluding hydrogens is 334 g/mol. The third-order valence-electron chi connectivity index (χ3n) is 3.73. The first-order valence-corrected chi connectivity index (χ1v) is 8.58. The van der Waals surface area contributed by atoms with E-state index in [0.717, 1.165) is 11.1 Å². The molecule has 0 aliphatic heterocycles. The van der Waals surface area contributed by atoms with Crippen molar-refractivity contribution in [3.8, 4) is 11.8 Å². The highest BCUT2D eigenvalue weighted by Crippen LogP contribution is 2.26. The van der Waals surface area contributed by atoms with Crippen molar-refractivity contribution in [2.45, 2.75) is 26.8 Å². The molecule has 0 saturated heterocycles. The number of hydrogen-bond donors (Lipinski definition) is 3. The van der Waals surface area contributed by atoms with E-state index in [1.54, 1.807) is 0 Å². The van der Waals surface area contributed by atoms with Crippen LogP contribution >= 0.6 is 0 Å². The quantitative estimate of drug-likeness (QED) is 0.428. The minimum Gasteiger partial charge on any atom is -0.494 e. The monoisotopic (exact) mass is 361 g/mol. The first kappa shape index (κ1) is 21.5. The Kier molecular flexibility index (Phi) is 9.20. The van der Waals surface area contributed by atoms with E-state index in [0.29, 0.717) is 12.4 Å². The Morgan fingerprint density at radius 2 is 2.04 bits per heavy atom. The Hall–Kier alpha value is -2.56. The minimum atomic E-state index is -0.523. The van der Waals surface area contributed by atoms with Gasteiger partial charge in [-0.25, -0.2) is 0 Å². The van der Waals surface area contributed by atoms with E-state index in [4.69, 9.17) is 14.9 Å². The molecule has 0 bridgehead atoms. The van der Waals surface area contributed by atoms with Gasteiger partial charge >= 0.3 is 0 Å². The summed E-state index contributed by atoms with van der Waals surface area (Å²) < 4.78 is 5.62. The number of rotatable bonds is 10. The lowest BCUT2D eigenvalue weighted by Crippen LogP contribution is -2.31. The Bertz CT molecular complexity index is 661. The van der Waals surface area contributed by atoms with Crippen molar-refractivity contribution in [3.05, 3.63) is 41.1 Å². The molecule has 1 atom stereocenters. The van der Waals surface area contributed by atoms with E-state index in [1.165, 1.54) is 11.1 Å². The van der Waals surface area contributed by atoms with Gasteiger partial charge < -0.3 is 25.2 Å². The molecule has 0 saturated carbocycles. The van der Waals surface area contributed by atoms with Crippen LogP contribution in [0.25, 0.3) is 0 Å². The maximum Gasteiger partial charge on any atom is 0.263 e. The average Bonchev–Trinajstić information content (AvgIpc) is 2.61. The lowest BCUT2D eigenvalue weighted by atomic mass is 10.0. The molecule has 3 N–H and O–H groups in total. The van der Waals surface area contributed by atoms with Gasteiger partial charge in [-0.3, -0.25) is 4.79 Å². The van der Waals surface area contributed by atoms with Crippen LogP contribution in [-0.2, 0) is 4.79 Å². The number of nitriles is 1. The molecule has 1 unspecified atom stereocenters. The first-order valence-electron chi connectivity index (χ1n) is 8.58. The lowest BCUT2D eigenvalue weighted by Gasteiger charge is -2.20. The van der Waals surface area contributed by atoms with Gasteiger partial charge in [-0.2, -0.15) is 5.26 Å². The highest BCUT2D eigenvalue weighted by Gasteiger charge is 2.18. The summed E-state index contributed by atoms with van der Waals surface area (Å²) in [7, 11) is 0. The fourth-order valence-electron chi connectivity index (χ4n) is 2.46. The van der Waals surface area contributed by atoms with Crippen LogP contribution in [-0.4, -0.2) is 53.9 Å². The molecule has 0 aliphatic rings. The number of aliphatic hydroxyl groups excluding tert-OH is 2. The SMILES string of the molecule is CCOc1ccc(C)cc1C(C)NC(=O)/C(C#N)=C\N(CCO)CCO. The molecule has 1 aromatic carbocycles. The van der Waals surface area contributed by atoms with Gasteiger partial charge in [0.2, 0.25) is 0 Å². The van der Waals surface area contributed by atoms with Crippen molar-refractivity contribution in [1.29, 1.82) is 5.26 Å². The predicted molar refractivity (Wildman–Crippen MR) is 98.3 cm³/mol. The molecule has 1 amide bonds. The molecule has 0 aromatic heterocycles. The third kappa shape index (κ3) is 6.39. The van der Waals surface area contributed by atoms with Gasteiger partial charge in [-0.1, -0.05) is 17.7 Å². The maximum absolute atomic E-state index is 12.5. The molecule has 1 rings (SSSR count). The van der Waals surface area contributed by atoms with Crippen LogP contribution in [0.15, 0.2) is 30.0 Å². The minimum absolute atomic E-state index is 0.0932. The number of amides is 1. The Morgan fingerprint density at radius 1 is 1.38 bits per heavy atom. The fourth-order valence-corrected chi connectivity index (χ4v) is 2.46. The zero-order chi connectivity index (χ0) is 19.5. The highest BCUT2D eigenvalue weighted by molar-refractivity contribution is 5.97. The topological polar surface area (TPSA) is 106 Å². The molecule has 0 fully saturated rings. The summed E-state index contributed by atoms with van der Waals surface area (Å²) in [6.45, 7) is 6.33. The molecule has 0 spiro atoms. The Balaban J connectivity index is 2.97. The Labute approximate surface area is 154 Å². The van der Waals surface area contributed by atoms with Crippen LogP contribution in [0, 0.1) is 18.3 Å². The largest absolute Gasteiger partial charge is 0.494 e. The number of aliphatic hydroxyl groups is 2. The summed E-state index contributed by atoms with van der Waals surface area (Å²) in [6.07, 6.45) is 1.36. The van der Waals surface area contributed by atoms with Gasteiger partial charge in [-0.15, -0.1) is 0 Å². The standard InChI is InChI=1S/C19H27N3O4/c1-4-26-18-6-5-14(2)11-17(18)15(3)21-19(25)16(12-20)13-22(7-9-23)8-10-24/h5-6,11,13,15,23-24H,4,7-10H2,1-3H3,(H,21,25)/b16-13-. The molecule has 1 aromatic rings. The van der Waals surface area contributed by atoms with Crippen LogP contribution in [0.4, 0.5) is 0 Å². The second-order valence-electron chi connectivity index (χ2n) is 5.81. The van der Waals surface area contributed by atoms with Crippen LogP contribution in [0.2, 0.25) is 0 Å². The number of benzene rings is 1. The molecule has 0 heterocycles. The number of aryl methyl sites for hydroxylation is 1. The number of carbonyl (C=O) groups is 1. The van der Waals surface area contributed by atoms with Crippen molar-refractivity contribution in [2.24, 2.45) is 0 Å². The zero-order valence-corrected chi connectivity index (χ0v) is 15.5. The zero-order valence-electron chi connectivity index (χ0n) is 15.5. The summed E-state index contributed by atoms with van der Waals surface area (Å²) in [6, 6.07) is 7.25. The number of carbonyl (C=O) groups excluding carboxylic acids is 1. The summed E-state index contributed by atoms with van der Waals surface area (Å²) in [5, 5.41) is 30.2. The van der Waals surface area contributed by atoms with Crippen LogP contribution < -0.4 is 10.1 Å². The van der Waals surface area contributed by atoms with Crippen molar-refractivity contribution in [3.63, 3.8) is 0 Å². The summed E-state index contributed by atoms with van der Waals surface area (Å²) in [5.74, 6) is 0.167. The summed E-state index contributed by atoms with van der Waals surface area (Å²) in [5.41, 5.74) is 1.78. The molecule has 7 nitrogen and oxygen atoms in total. The maximum atomic E-state index is 12.5. The Morgan fingerprint density at radius 3 is 2.58 bits per heavy atom. The lowest BCUT2D eigenvalue weighted by molar-refractivity contribution is -0.117. The molecule has 7 heteroatoms. The van der Waals surface area contributed by atoms with E-state index in [1.807, 2.05) is 45.0 Å². The van der Waals surface area contributed by atoms with Gasteiger partial charge in [-0.05, 0) is 26.8 Å². The normalized spacial score (nSPS) is 12.2. The van der Waals surface area contributed by atoms with Gasteiger partial charge in [0, 0.05) is 24.9 Å². The van der Waals surface area contributed by atoms with Crippen molar-refractivity contribution in [1.82, 2.24) is 10.2 Å².